The average Bonchev–Trinajstić information content (AvgIpc) is 2.32. The zero-order chi connectivity index (χ0) is 12.3. The minimum atomic E-state index is -0.480. The van der Waals surface area contributed by atoms with E-state index >= 15 is 0 Å². The first-order chi connectivity index (χ1) is 8.16. The van der Waals surface area contributed by atoms with Crippen LogP contribution < -0.4 is 0 Å². The van der Waals surface area contributed by atoms with E-state index in [1.165, 1.54) is 11.8 Å². The summed E-state index contributed by atoms with van der Waals surface area (Å²) in [6.45, 7) is 0. The molecule has 17 heavy (non-hydrogen) atoms. The van der Waals surface area contributed by atoms with E-state index in [1.54, 1.807) is 6.07 Å². The third-order valence-corrected chi connectivity index (χ3v) is 3.57. The van der Waals surface area contributed by atoms with Gasteiger partial charge < -0.3 is 0 Å². The van der Waals surface area contributed by atoms with Crippen LogP contribution in [-0.2, 0) is 5.75 Å². The molecule has 2 nitrogen and oxygen atoms in total. The van der Waals surface area contributed by atoms with Gasteiger partial charge in [-0.25, -0.2) is 14.4 Å². The topological polar surface area (TPSA) is 25.8 Å². The van der Waals surface area contributed by atoms with E-state index < -0.39 is 5.82 Å². The number of nitrogens with zero attached hydrogens (tertiary/aromatic N) is 2. The second-order valence-electron chi connectivity index (χ2n) is 3.17. The van der Waals surface area contributed by atoms with Gasteiger partial charge in [-0.15, -0.1) is 0 Å². The Balaban J connectivity index is 2.12. The number of benzene rings is 1. The normalized spacial score (nSPS) is 10.5. The summed E-state index contributed by atoms with van der Waals surface area (Å²) in [5.41, 5.74) is 0.924. The van der Waals surface area contributed by atoms with Gasteiger partial charge in [0.15, 0.2) is 5.82 Å². The highest BCUT2D eigenvalue weighted by Gasteiger charge is 2.08. The molecule has 1 heterocycles. The van der Waals surface area contributed by atoms with E-state index in [0.717, 1.165) is 11.8 Å². The lowest BCUT2D eigenvalue weighted by atomic mass is 10.2. The lowest BCUT2D eigenvalue weighted by Gasteiger charge is -2.04. The van der Waals surface area contributed by atoms with Crippen LogP contribution in [0.25, 0.3) is 0 Å². The average molecular weight is 289 g/mol. The zero-order valence-electron chi connectivity index (χ0n) is 8.53. The first-order valence-electron chi connectivity index (χ1n) is 4.71. The van der Waals surface area contributed by atoms with Gasteiger partial charge in [-0.05, 0) is 23.2 Å². The number of rotatable bonds is 3. The van der Waals surface area contributed by atoms with Gasteiger partial charge in [-0.3, -0.25) is 0 Å². The lowest BCUT2D eigenvalue weighted by molar-refractivity contribution is 0.579. The fraction of sp³-hybridized carbons (Fsp3) is 0.0909. The molecule has 2 rings (SSSR count). The molecule has 0 N–H and O–H groups in total. The molecule has 0 atom stereocenters. The van der Waals surface area contributed by atoms with Gasteiger partial charge in [0.2, 0.25) is 5.28 Å². The van der Waals surface area contributed by atoms with Crippen LogP contribution in [0, 0.1) is 5.82 Å². The van der Waals surface area contributed by atoms with Crippen molar-refractivity contribution in [1.29, 1.82) is 0 Å². The Hall–Kier alpha value is -0.840. The quantitative estimate of drug-likeness (QED) is 0.481. The van der Waals surface area contributed by atoms with Crippen molar-refractivity contribution >= 4 is 35.0 Å². The molecule has 0 aliphatic rings. The number of hydrogen-bond acceptors (Lipinski definition) is 3. The van der Waals surface area contributed by atoms with Gasteiger partial charge in [-0.1, -0.05) is 41.6 Å². The van der Waals surface area contributed by atoms with Crippen LogP contribution in [0.5, 0.6) is 0 Å². The molecular formula is C11H7Cl2FN2S. The molecule has 0 unspecified atom stereocenters. The summed E-state index contributed by atoms with van der Waals surface area (Å²) >= 11 is 12.8. The molecule has 0 amide bonds. The first kappa shape index (κ1) is 12.6. The van der Waals surface area contributed by atoms with E-state index in [1.807, 2.05) is 18.2 Å². The van der Waals surface area contributed by atoms with Crippen LogP contribution in [0.2, 0.25) is 10.3 Å². The van der Waals surface area contributed by atoms with E-state index in [-0.39, 0.29) is 10.3 Å². The Morgan fingerprint density at radius 2 is 2.00 bits per heavy atom. The fourth-order valence-electron chi connectivity index (χ4n) is 1.19. The Kier molecular flexibility index (Phi) is 4.20. The predicted octanol–water partition coefficient (Wildman–Crippen LogP) is 4.21. The van der Waals surface area contributed by atoms with Crippen molar-refractivity contribution in [2.75, 3.05) is 0 Å². The van der Waals surface area contributed by atoms with Crippen molar-refractivity contribution in [3.63, 3.8) is 0 Å². The smallest absolute Gasteiger partial charge is 0.223 e. The molecule has 0 bridgehead atoms. The van der Waals surface area contributed by atoms with Crippen molar-refractivity contribution in [1.82, 2.24) is 9.97 Å². The maximum absolute atomic E-state index is 13.3. The van der Waals surface area contributed by atoms with Crippen molar-refractivity contribution in [2.24, 2.45) is 0 Å². The monoisotopic (exact) mass is 288 g/mol. The molecule has 0 fully saturated rings. The molecule has 0 saturated heterocycles. The summed E-state index contributed by atoms with van der Waals surface area (Å²) in [4.78, 5) is 7.37. The minimum absolute atomic E-state index is 0.0352. The fourth-order valence-corrected chi connectivity index (χ4v) is 2.54. The third kappa shape index (κ3) is 3.31. The summed E-state index contributed by atoms with van der Waals surface area (Å²) in [5.74, 6) is 0.0515. The second kappa shape index (κ2) is 5.67. The highest BCUT2D eigenvalue weighted by molar-refractivity contribution is 7.98. The summed E-state index contributed by atoms with van der Waals surface area (Å²) in [6.07, 6.45) is 1.06. The summed E-state index contributed by atoms with van der Waals surface area (Å²) in [5, 5.41) is 0.915. The highest BCUT2D eigenvalue weighted by Crippen LogP contribution is 2.27. The van der Waals surface area contributed by atoms with Gasteiger partial charge in [-0.2, -0.15) is 0 Å². The molecule has 0 aliphatic carbocycles. The van der Waals surface area contributed by atoms with E-state index in [2.05, 4.69) is 9.97 Å². The maximum atomic E-state index is 13.3. The number of hydrogen-bond donors (Lipinski definition) is 0. The van der Waals surface area contributed by atoms with Crippen molar-refractivity contribution in [3.8, 4) is 0 Å². The molecule has 0 saturated carbocycles. The summed E-state index contributed by atoms with van der Waals surface area (Å²) in [7, 11) is 0. The van der Waals surface area contributed by atoms with Crippen LogP contribution in [-0.4, -0.2) is 9.97 Å². The van der Waals surface area contributed by atoms with Gasteiger partial charge in [0.1, 0.15) is 5.03 Å². The number of thioether (sulfide) groups is 1. The second-order valence-corrected chi connectivity index (χ2v) is 4.88. The van der Waals surface area contributed by atoms with Gasteiger partial charge in [0.05, 0.1) is 6.20 Å². The van der Waals surface area contributed by atoms with Gasteiger partial charge in [0.25, 0.3) is 0 Å². The Morgan fingerprint density at radius 1 is 1.24 bits per heavy atom. The van der Waals surface area contributed by atoms with Crippen LogP contribution in [0.15, 0.2) is 35.5 Å². The largest absolute Gasteiger partial charge is 0.223 e. The van der Waals surface area contributed by atoms with Crippen LogP contribution in [0.4, 0.5) is 4.39 Å². The SMILES string of the molecule is Fc1cnc(Cl)nc1SCc1ccccc1Cl. The summed E-state index contributed by atoms with van der Waals surface area (Å²) < 4.78 is 13.3. The van der Waals surface area contributed by atoms with Crippen LogP contribution in [0.3, 0.4) is 0 Å². The summed E-state index contributed by atoms with van der Waals surface area (Å²) in [6, 6.07) is 7.40. The number of halogens is 3. The van der Waals surface area contributed by atoms with E-state index in [9.17, 15) is 4.39 Å². The minimum Gasteiger partial charge on any atom is -0.223 e. The first-order valence-corrected chi connectivity index (χ1v) is 6.45. The Morgan fingerprint density at radius 3 is 2.76 bits per heavy atom. The van der Waals surface area contributed by atoms with Crippen LogP contribution in [0.1, 0.15) is 5.56 Å². The number of aromatic nitrogens is 2. The third-order valence-electron chi connectivity index (χ3n) is 2.00. The van der Waals surface area contributed by atoms with Gasteiger partial charge >= 0.3 is 0 Å². The predicted molar refractivity (Wildman–Crippen MR) is 68.0 cm³/mol. The molecule has 0 radical (unpaired) electrons. The zero-order valence-corrected chi connectivity index (χ0v) is 10.9. The van der Waals surface area contributed by atoms with Gasteiger partial charge in [0, 0.05) is 10.8 Å². The van der Waals surface area contributed by atoms with Crippen LogP contribution >= 0.6 is 35.0 Å². The van der Waals surface area contributed by atoms with Crippen molar-refractivity contribution < 1.29 is 4.39 Å². The maximum Gasteiger partial charge on any atom is 0.223 e. The highest BCUT2D eigenvalue weighted by atomic mass is 35.5. The molecule has 1 aromatic heterocycles. The molecular weight excluding hydrogens is 282 g/mol. The molecule has 0 aliphatic heterocycles. The standard InChI is InChI=1S/C11H7Cl2FN2S/c12-8-4-2-1-3-7(8)6-17-10-9(14)5-15-11(13)16-10/h1-5H,6H2. The molecule has 6 heteroatoms. The van der Waals surface area contributed by atoms with Crippen molar-refractivity contribution in [2.45, 2.75) is 10.8 Å². The molecule has 88 valence electrons. The van der Waals surface area contributed by atoms with E-state index in [4.69, 9.17) is 23.2 Å². The molecule has 1 aromatic carbocycles. The Bertz CT molecular complexity index is 537. The lowest BCUT2D eigenvalue weighted by Crippen LogP contribution is -1.91. The molecule has 2 aromatic rings. The van der Waals surface area contributed by atoms with Crippen molar-refractivity contribution in [3.05, 3.63) is 52.1 Å². The van der Waals surface area contributed by atoms with E-state index in [0.29, 0.717) is 10.8 Å². The molecule has 0 spiro atoms. The Labute approximate surface area is 112 Å².